The van der Waals surface area contributed by atoms with Crippen LogP contribution in [0.3, 0.4) is 0 Å². The molecule has 0 spiro atoms. The zero-order valence-corrected chi connectivity index (χ0v) is 11.0. The molecule has 0 amide bonds. The lowest BCUT2D eigenvalue weighted by Gasteiger charge is -2.39. The third-order valence-corrected chi connectivity index (χ3v) is 2.78. The van der Waals surface area contributed by atoms with Crippen LogP contribution >= 0.6 is 34.8 Å². The van der Waals surface area contributed by atoms with E-state index >= 15 is 0 Å². The smallest absolute Gasteiger partial charge is 0.359 e. The Labute approximate surface area is 117 Å². The van der Waals surface area contributed by atoms with E-state index in [0.717, 1.165) is 0 Å². The molecule has 0 unspecified atom stereocenters. The number of aliphatic hydroxyl groups excluding tert-OH is 4. The number of esters is 1. The molecule has 1 heterocycles. The number of alkyl halides is 3. The van der Waals surface area contributed by atoms with Crippen molar-refractivity contribution in [1.82, 2.24) is 0 Å². The molecule has 1 fully saturated rings. The van der Waals surface area contributed by atoms with Gasteiger partial charge in [0.15, 0.2) is 12.4 Å². The Morgan fingerprint density at radius 1 is 1.22 bits per heavy atom. The summed E-state index contributed by atoms with van der Waals surface area (Å²) in [7, 11) is 0. The summed E-state index contributed by atoms with van der Waals surface area (Å²) in [5.74, 6) is -1.33. The number of rotatable bonds is 2. The van der Waals surface area contributed by atoms with Crippen LogP contribution in [-0.4, -0.2) is 67.5 Å². The van der Waals surface area contributed by atoms with Crippen LogP contribution in [0.25, 0.3) is 0 Å². The van der Waals surface area contributed by atoms with Crippen molar-refractivity contribution in [2.75, 3.05) is 6.61 Å². The first-order chi connectivity index (χ1) is 8.18. The van der Waals surface area contributed by atoms with Crippen LogP contribution in [0.15, 0.2) is 0 Å². The molecule has 0 aliphatic carbocycles. The van der Waals surface area contributed by atoms with Gasteiger partial charge in [-0.3, -0.25) is 0 Å². The van der Waals surface area contributed by atoms with E-state index in [4.69, 9.17) is 39.9 Å². The van der Waals surface area contributed by atoms with E-state index in [-0.39, 0.29) is 0 Å². The quantitative estimate of drug-likeness (QED) is 0.368. The van der Waals surface area contributed by atoms with Crippen molar-refractivity contribution in [3.63, 3.8) is 0 Å². The largest absolute Gasteiger partial charge is 0.453 e. The maximum Gasteiger partial charge on any atom is 0.359 e. The second kappa shape index (κ2) is 6.06. The molecule has 0 aromatic carbocycles. The number of hydrogen-bond donors (Lipinski definition) is 4. The number of carbonyl (C=O) groups is 1. The van der Waals surface area contributed by atoms with Crippen LogP contribution in [0.5, 0.6) is 0 Å². The first-order valence-corrected chi connectivity index (χ1v) is 5.90. The SMILES string of the molecule is O=C(O[C@@H]1[C@@H](O)[C@@H](O)O[C@H](CO)[C@H]1O)C(Cl)(Cl)Cl. The van der Waals surface area contributed by atoms with E-state index in [0.29, 0.717) is 0 Å². The predicted octanol–water partition coefficient (Wildman–Crippen LogP) is -1.30. The first-order valence-electron chi connectivity index (χ1n) is 4.76. The average molecular weight is 326 g/mol. The van der Waals surface area contributed by atoms with Gasteiger partial charge in [-0.25, -0.2) is 4.79 Å². The summed E-state index contributed by atoms with van der Waals surface area (Å²) in [6.45, 7) is -0.660. The molecule has 106 valence electrons. The fraction of sp³-hybridized carbons (Fsp3) is 0.875. The van der Waals surface area contributed by atoms with E-state index in [1.807, 2.05) is 0 Å². The Morgan fingerprint density at radius 3 is 2.22 bits per heavy atom. The van der Waals surface area contributed by atoms with Gasteiger partial charge in [0.2, 0.25) is 0 Å². The van der Waals surface area contributed by atoms with E-state index in [1.54, 1.807) is 0 Å². The second-order valence-electron chi connectivity index (χ2n) is 3.60. The van der Waals surface area contributed by atoms with Gasteiger partial charge < -0.3 is 29.9 Å². The van der Waals surface area contributed by atoms with Crippen LogP contribution in [0, 0.1) is 0 Å². The van der Waals surface area contributed by atoms with Crippen LogP contribution in [0.4, 0.5) is 0 Å². The first kappa shape index (κ1) is 16.2. The molecule has 0 bridgehead atoms. The molecule has 1 aliphatic rings. The molecule has 1 aliphatic heterocycles. The summed E-state index contributed by atoms with van der Waals surface area (Å²) >= 11 is 15.8. The molecule has 7 nitrogen and oxygen atoms in total. The monoisotopic (exact) mass is 324 g/mol. The third kappa shape index (κ3) is 3.58. The van der Waals surface area contributed by atoms with E-state index in [2.05, 4.69) is 9.47 Å². The van der Waals surface area contributed by atoms with E-state index in [9.17, 15) is 20.1 Å². The summed E-state index contributed by atoms with van der Waals surface area (Å²) in [5.41, 5.74) is 0. The fourth-order valence-electron chi connectivity index (χ4n) is 1.40. The highest BCUT2D eigenvalue weighted by molar-refractivity contribution is 6.75. The second-order valence-corrected chi connectivity index (χ2v) is 5.88. The molecular formula is C8H11Cl3O7. The number of hydrogen-bond acceptors (Lipinski definition) is 7. The van der Waals surface area contributed by atoms with Gasteiger partial charge in [0, 0.05) is 0 Å². The van der Waals surface area contributed by atoms with Crippen molar-refractivity contribution in [3.8, 4) is 0 Å². The average Bonchev–Trinajstić information content (AvgIpc) is 2.27. The van der Waals surface area contributed by atoms with Crippen molar-refractivity contribution in [3.05, 3.63) is 0 Å². The molecular weight excluding hydrogens is 314 g/mol. The topological polar surface area (TPSA) is 116 Å². The Kier molecular flexibility index (Phi) is 5.45. The normalized spacial score (nSPS) is 37.4. The Bertz CT molecular complexity index is 308. The molecule has 18 heavy (non-hydrogen) atoms. The molecule has 0 radical (unpaired) electrons. The van der Waals surface area contributed by atoms with E-state index < -0.39 is 47.1 Å². The number of ether oxygens (including phenoxy) is 2. The van der Waals surface area contributed by atoms with Gasteiger partial charge in [-0.05, 0) is 0 Å². The highest BCUT2D eigenvalue weighted by Gasteiger charge is 2.48. The predicted molar refractivity (Wildman–Crippen MR) is 60.1 cm³/mol. The Balaban J connectivity index is 2.80. The fourth-order valence-corrected chi connectivity index (χ4v) is 1.53. The number of carbonyl (C=O) groups excluding carboxylic acids is 1. The van der Waals surface area contributed by atoms with Gasteiger partial charge in [0.05, 0.1) is 6.61 Å². The minimum atomic E-state index is -2.39. The van der Waals surface area contributed by atoms with Crippen LogP contribution in [0.1, 0.15) is 0 Å². The molecule has 5 atom stereocenters. The lowest BCUT2D eigenvalue weighted by molar-refractivity contribution is -0.289. The van der Waals surface area contributed by atoms with Crippen LogP contribution in [0.2, 0.25) is 0 Å². The summed E-state index contributed by atoms with van der Waals surface area (Å²) in [6, 6.07) is 0. The van der Waals surface area contributed by atoms with Crippen molar-refractivity contribution < 1.29 is 34.7 Å². The van der Waals surface area contributed by atoms with Gasteiger partial charge in [0.1, 0.15) is 18.3 Å². The number of aliphatic hydroxyl groups is 4. The van der Waals surface area contributed by atoms with E-state index in [1.165, 1.54) is 0 Å². The standard InChI is InChI=1S/C8H11Cl3O7/c9-8(10,11)7(16)18-5-3(13)2(1-12)17-6(15)4(5)14/h2-6,12-15H,1H2/t2-,3-,4-,5+,6+/m1/s1. The molecule has 4 N–H and O–H groups in total. The summed E-state index contributed by atoms with van der Waals surface area (Å²) in [5, 5.41) is 37.4. The van der Waals surface area contributed by atoms with Gasteiger partial charge in [0.25, 0.3) is 3.79 Å². The summed E-state index contributed by atoms with van der Waals surface area (Å²) in [6.07, 6.45) is -7.90. The molecule has 0 saturated carbocycles. The van der Waals surface area contributed by atoms with Crippen LogP contribution in [-0.2, 0) is 14.3 Å². The zero-order chi connectivity index (χ0) is 14.1. The third-order valence-electron chi connectivity index (χ3n) is 2.32. The van der Waals surface area contributed by atoms with Crippen molar-refractivity contribution in [1.29, 1.82) is 0 Å². The van der Waals surface area contributed by atoms with Crippen LogP contribution < -0.4 is 0 Å². The minimum absolute atomic E-state index is 0.660. The van der Waals surface area contributed by atoms with Crippen molar-refractivity contribution >= 4 is 40.8 Å². The summed E-state index contributed by atoms with van der Waals surface area (Å²) < 4.78 is 6.88. The molecule has 0 aromatic heterocycles. The highest BCUT2D eigenvalue weighted by Crippen LogP contribution is 2.30. The Hall–Kier alpha value is 0.140. The summed E-state index contributed by atoms with van der Waals surface area (Å²) in [4.78, 5) is 11.3. The lowest BCUT2D eigenvalue weighted by Crippen LogP contribution is -2.60. The van der Waals surface area contributed by atoms with Crippen molar-refractivity contribution in [2.24, 2.45) is 0 Å². The maximum atomic E-state index is 11.3. The highest BCUT2D eigenvalue weighted by atomic mass is 35.6. The van der Waals surface area contributed by atoms with Crippen molar-refractivity contribution in [2.45, 2.75) is 34.5 Å². The molecule has 0 aromatic rings. The van der Waals surface area contributed by atoms with Gasteiger partial charge in [-0.2, -0.15) is 0 Å². The Morgan fingerprint density at radius 2 is 1.78 bits per heavy atom. The lowest BCUT2D eigenvalue weighted by atomic mass is 9.99. The van der Waals surface area contributed by atoms with Gasteiger partial charge in [-0.15, -0.1) is 0 Å². The zero-order valence-electron chi connectivity index (χ0n) is 8.74. The molecule has 10 heteroatoms. The van der Waals surface area contributed by atoms with Gasteiger partial charge in [-0.1, -0.05) is 34.8 Å². The molecule has 1 rings (SSSR count). The maximum absolute atomic E-state index is 11.3. The minimum Gasteiger partial charge on any atom is -0.453 e. The molecule has 1 saturated heterocycles. The van der Waals surface area contributed by atoms with Gasteiger partial charge >= 0.3 is 5.97 Å². The number of halogens is 3.